The van der Waals surface area contributed by atoms with E-state index in [-0.39, 0.29) is 18.6 Å². The second kappa shape index (κ2) is 13.6. The van der Waals surface area contributed by atoms with Gasteiger partial charge >= 0.3 is 0 Å². The van der Waals surface area contributed by atoms with Crippen molar-refractivity contribution in [1.82, 2.24) is 29.5 Å². The lowest BCUT2D eigenvalue weighted by atomic mass is 10.0. The molecule has 0 aliphatic carbocycles. The van der Waals surface area contributed by atoms with E-state index in [1.807, 2.05) is 47.3 Å². The molecule has 2 aliphatic rings. The standard InChI is InChI=1S/C34H34Cl2N8O3/c35-30-25(26-4-2-6-28(31(26)36)40-34(47)29-16-23-19-42(13-14-45)11-12-44(23)41-29)3-1-5-27(30)39-33-32-22(7-9-37-33)15-21(17-38-32)18-43-10-8-24(46)20-43/h1-7,9,15-17,24,45-46H,8,10-14,18-20H2,(H,37,39)(H,40,47)/t24-/m1/s1. The van der Waals surface area contributed by atoms with E-state index in [0.29, 0.717) is 75.8 Å². The van der Waals surface area contributed by atoms with Crippen molar-refractivity contribution in [3.8, 4) is 11.1 Å². The van der Waals surface area contributed by atoms with Crippen LogP contribution in [-0.4, -0.2) is 84.6 Å². The van der Waals surface area contributed by atoms with Crippen LogP contribution in [0.1, 0.15) is 28.2 Å². The summed E-state index contributed by atoms with van der Waals surface area (Å²) >= 11 is 13.9. The van der Waals surface area contributed by atoms with Crippen LogP contribution in [0.5, 0.6) is 0 Å². The molecule has 4 N–H and O–H groups in total. The molecule has 5 heterocycles. The molecule has 1 fully saturated rings. The third-order valence-corrected chi connectivity index (χ3v) is 9.44. The minimum absolute atomic E-state index is 0.0872. The van der Waals surface area contributed by atoms with Crippen molar-refractivity contribution in [2.24, 2.45) is 0 Å². The van der Waals surface area contributed by atoms with Crippen LogP contribution in [0.15, 0.2) is 67.0 Å². The first-order valence-electron chi connectivity index (χ1n) is 15.6. The molecule has 11 nitrogen and oxygen atoms in total. The van der Waals surface area contributed by atoms with E-state index < -0.39 is 0 Å². The number of nitrogens with zero attached hydrogens (tertiary/aromatic N) is 6. The number of pyridine rings is 2. The Labute approximate surface area is 281 Å². The Balaban J connectivity index is 1.10. The first-order chi connectivity index (χ1) is 22.9. The molecule has 0 unspecified atom stereocenters. The number of carbonyl (C=O) groups excluding carboxylic acids is 1. The molecular formula is C34H34Cl2N8O3. The molecule has 0 radical (unpaired) electrons. The van der Waals surface area contributed by atoms with E-state index in [9.17, 15) is 15.0 Å². The number of carbonyl (C=O) groups is 1. The number of halogens is 2. The number of β-amino-alcohol motifs (C(OH)–C–C–N with tert-alkyl or cyclic N) is 2. The molecule has 47 heavy (non-hydrogen) atoms. The Kier molecular flexibility index (Phi) is 9.09. The van der Waals surface area contributed by atoms with Gasteiger partial charge in [0.1, 0.15) is 5.52 Å². The maximum atomic E-state index is 13.2. The highest BCUT2D eigenvalue weighted by molar-refractivity contribution is 6.39. The molecule has 7 rings (SSSR count). The highest BCUT2D eigenvalue weighted by atomic mass is 35.5. The summed E-state index contributed by atoms with van der Waals surface area (Å²) in [4.78, 5) is 26.8. The lowest BCUT2D eigenvalue weighted by Gasteiger charge is -2.26. The monoisotopic (exact) mass is 672 g/mol. The minimum Gasteiger partial charge on any atom is -0.395 e. The zero-order valence-corrected chi connectivity index (χ0v) is 27.0. The molecule has 13 heteroatoms. The number of rotatable bonds is 9. The number of aliphatic hydroxyl groups excluding tert-OH is 2. The predicted molar refractivity (Wildman–Crippen MR) is 183 cm³/mol. The van der Waals surface area contributed by atoms with Crippen molar-refractivity contribution in [3.63, 3.8) is 0 Å². The molecule has 0 spiro atoms. The summed E-state index contributed by atoms with van der Waals surface area (Å²) in [6.45, 7) is 4.97. The van der Waals surface area contributed by atoms with Gasteiger partial charge in [-0.3, -0.25) is 24.3 Å². The average molecular weight is 674 g/mol. The lowest BCUT2D eigenvalue weighted by Crippen LogP contribution is -2.35. The second-order valence-corrected chi connectivity index (χ2v) is 12.7. The van der Waals surface area contributed by atoms with E-state index in [2.05, 4.69) is 36.6 Å². The van der Waals surface area contributed by atoms with Gasteiger partial charge in [0.05, 0.1) is 46.4 Å². The predicted octanol–water partition coefficient (Wildman–Crippen LogP) is 5.17. The van der Waals surface area contributed by atoms with Gasteiger partial charge in [0.2, 0.25) is 0 Å². The fraction of sp³-hybridized carbons (Fsp3) is 0.294. The van der Waals surface area contributed by atoms with Crippen LogP contribution in [0.3, 0.4) is 0 Å². The molecule has 3 aromatic heterocycles. The number of hydrogen-bond donors (Lipinski definition) is 4. The van der Waals surface area contributed by atoms with Crippen LogP contribution in [0, 0.1) is 0 Å². The summed E-state index contributed by atoms with van der Waals surface area (Å²) < 4.78 is 1.83. The van der Waals surface area contributed by atoms with Crippen LogP contribution in [0.25, 0.3) is 22.0 Å². The minimum atomic E-state index is -0.364. The van der Waals surface area contributed by atoms with Crippen molar-refractivity contribution in [1.29, 1.82) is 0 Å². The first-order valence-corrected chi connectivity index (χ1v) is 16.3. The fourth-order valence-electron chi connectivity index (χ4n) is 6.25. The highest BCUT2D eigenvalue weighted by Crippen LogP contribution is 2.41. The van der Waals surface area contributed by atoms with Crippen molar-refractivity contribution >= 4 is 57.2 Å². The molecule has 242 valence electrons. The Morgan fingerprint density at radius 2 is 1.74 bits per heavy atom. The quantitative estimate of drug-likeness (QED) is 0.167. The second-order valence-electron chi connectivity index (χ2n) is 11.9. The molecule has 2 aromatic carbocycles. The van der Waals surface area contributed by atoms with Crippen molar-refractivity contribution < 1.29 is 15.0 Å². The molecular weight excluding hydrogens is 639 g/mol. The summed E-state index contributed by atoms with van der Waals surface area (Å²) in [5.74, 6) is 0.205. The van der Waals surface area contributed by atoms with Gasteiger partial charge in [0.15, 0.2) is 11.5 Å². The van der Waals surface area contributed by atoms with Crippen molar-refractivity contribution in [3.05, 3.63) is 94.0 Å². The zero-order chi connectivity index (χ0) is 32.5. The number of hydrogen-bond acceptors (Lipinski definition) is 9. The summed E-state index contributed by atoms with van der Waals surface area (Å²) in [7, 11) is 0. The molecule has 0 bridgehead atoms. The average Bonchev–Trinajstić information content (AvgIpc) is 3.69. The Morgan fingerprint density at radius 1 is 0.957 bits per heavy atom. The third-order valence-electron chi connectivity index (χ3n) is 8.62. The smallest absolute Gasteiger partial charge is 0.276 e. The summed E-state index contributed by atoms with van der Waals surface area (Å²) in [6.07, 6.45) is 4.11. The summed E-state index contributed by atoms with van der Waals surface area (Å²) in [6, 6.07) is 16.8. The van der Waals surface area contributed by atoms with Gasteiger partial charge in [-0.1, -0.05) is 47.5 Å². The van der Waals surface area contributed by atoms with Crippen LogP contribution in [0.2, 0.25) is 10.0 Å². The van der Waals surface area contributed by atoms with Gasteiger partial charge in [-0.05, 0) is 42.3 Å². The Morgan fingerprint density at radius 3 is 2.51 bits per heavy atom. The number of fused-ring (bicyclic) bond motifs is 2. The Bertz CT molecular complexity index is 1950. The number of benzene rings is 2. The van der Waals surface area contributed by atoms with Gasteiger partial charge < -0.3 is 20.8 Å². The number of amides is 1. The molecule has 1 atom stereocenters. The topological polar surface area (TPSA) is 132 Å². The van der Waals surface area contributed by atoms with Crippen LogP contribution in [0.4, 0.5) is 17.2 Å². The van der Waals surface area contributed by atoms with Crippen LogP contribution < -0.4 is 10.6 Å². The lowest BCUT2D eigenvalue weighted by molar-refractivity contribution is 0.102. The number of nitrogens with one attached hydrogen (secondary N) is 2. The number of anilines is 3. The first kappa shape index (κ1) is 31.5. The van der Waals surface area contributed by atoms with Crippen molar-refractivity contribution in [2.45, 2.75) is 32.2 Å². The third kappa shape index (κ3) is 6.68. The molecule has 0 saturated carbocycles. The van der Waals surface area contributed by atoms with E-state index in [1.165, 1.54) is 0 Å². The van der Waals surface area contributed by atoms with Crippen LogP contribution >= 0.6 is 23.2 Å². The maximum Gasteiger partial charge on any atom is 0.276 e. The van der Waals surface area contributed by atoms with E-state index in [0.717, 1.165) is 42.7 Å². The number of aliphatic hydroxyl groups is 2. The zero-order valence-electron chi connectivity index (χ0n) is 25.5. The number of aromatic nitrogens is 4. The summed E-state index contributed by atoms with van der Waals surface area (Å²) in [5.41, 5.74) is 5.41. The summed E-state index contributed by atoms with van der Waals surface area (Å²) in [5, 5.41) is 31.6. The van der Waals surface area contributed by atoms with Crippen molar-refractivity contribution in [2.75, 3.05) is 43.4 Å². The van der Waals surface area contributed by atoms with E-state index in [1.54, 1.807) is 18.3 Å². The largest absolute Gasteiger partial charge is 0.395 e. The molecule has 5 aromatic rings. The fourth-order valence-corrected chi connectivity index (χ4v) is 6.80. The van der Waals surface area contributed by atoms with E-state index >= 15 is 0 Å². The van der Waals surface area contributed by atoms with Crippen LogP contribution in [-0.2, 0) is 19.6 Å². The van der Waals surface area contributed by atoms with Gasteiger partial charge in [0.25, 0.3) is 5.91 Å². The normalized spacial score (nSPS) is 16.8. The van der Waals surface area contributed by atoms with E-state index in [4.69, 9.17) is 28.2 Å². The maximum absolute atomic E-state index is 13.2. The number of likely N-dealkylation sites (tertiary alicyclic amines) is 1. The Hall–Kier alpha value is -4.10. The SMILES string of the molecule is O=C(Nc1cccc(-c2cccc(Nc3nccc4cc(CN5CC[C@@H](O)C5)cnc34)c2Cl)c1Cl)c1cc2n(n1)CCN(CCO)C2. The highest BCUT2D eigenvalue weighted by Gasteiger charge is 2.23. The van der Waals surface area contributed by atoms with Gasteiger partial charge in [-0.15, -0.1) is 0 Å². The molecule has 1 amide bonds. The van der Waals surface area contributed by atoms with Gasteiger partial charge in [-0.25, -0.2) is 4.98 Å². The van der Waals surface area contributed by atoms with Gasteiger partial charge in [0, 0.05) is 68.2 Å². The molecule has 1 saturated heterocycles. The van der Waals surface area contributed by atoms with Gasteiger partial charge in [-0.2, -0.15) is 5.10 Å². The molecule has 2 aliphatic heterocycles.